The number of carbonyl (C=O) groups excluding carboxylic acids is 2. The number of hydrogen-bond acceptors (Lipinski definition) is 5. The van der Waals surface area contributed by atoms with E-state index in [2.05, 4.69) is 0 Å². The lowest BCUT2D eigenvalue weighted by Gasteiger charge is -2.17. The summed E-state index contributed by atoms with van der Waals surface area (Å²) in [6.07, 6.45) is 0.680. The molecule has 0 radical (unpaired) electrons. The second-order valence-corrected chi connectivity index (χ2v) is 9.31. The van der Waals surface area contributed by atoms with E-state index in [9.17, 15) is 18.0 Å². The van der Waals surface area contributed by atoms with Crippen molar-refractivity contribution in [3.05, 3.63) is 64.7 Å². The topological polar surface area (TPSA) is 80.8 Å². The molecule has 1 heterocycles. The number of Topliss-reactive ketones (excluding diaryl/α,β-unsaturated/α-hetero) is 1. The molecule has 0 N–H and O–H groups in total. The quantitative estimate of drug-likeness (QED) is 0.533. The summed E-state index contributed by atoms with van der Waals surface area (Å²) < 4.78 is 32.2. The second-order valence-electron chi connectivity index (χ2n) is 7.37. The molecule has 0 amide bonds. The highest BCUT2D eigenvalue weighted by molar-refractivity contribution is 7.89. The van der Waals surface area contributed by atoms with E-state index in [0.717, 1.165) is 24.0 Å². The Kier molecular flexibility index (Phi) is 6.19. The molecule has 6 nitrogen and oxygen atoms in total. The molecule has 2 aromatic rings. The highest BCUT2D eigenvalue weighted by Crippen LogP contribution is 2.22. The number of nitrogens with zero attached hydrogens (tertiary/aromatic N) is 1. The van der Waals surface area contributed by atoms with Crippen LogP contribution in [0.15, 0.2) is 47.4 Å². The summed E-state index contributed by atoms with van der Waals surface area (Å²) in [5.41, 5.74) is 2.36. The molecule has 2 aromatic carbocycles. The van der Waals surface area contributed by atoms with Gasteiger partial charge < -0.3 is 4.74 Å². The molecule has 1 fully saturated rings. The van der Waals surface area contributed by atoms with Gasteiger partial charge in [0.1, 0.15) is 0 Å². The van der Waals surface area contributed by atoms with Crippen LogP contribution in [0.3, 0.4) is 0 Å². The van der Waals surface area contributed by atoms with Crippen molar-refractivity contribution in [3.8, 4) is 0 Å². The van der Waals surface area contributed by atoms with Crippen molar-refractivity contribution >= 4 is 21.8 Å². The van der Waals surface area contributed by atoms with Crippen LogP contribution >= 0.6 is 0 Å². The van der Waals surface area contributed by atoms with E-state index >= 15 is 0 Å². The van der Waals surface area contributed by atoms with Gasteiger partial charge in [-0.05, 0) is 63.4 Å². The standard InChI is InChI=1S/C22H25NO5S/c1-15-9-10-16(2)20(13-15)21(24)17(3)28-22(25)18-7-6-8-19(14-18)29(26,27)23-11-4-5-12-23/h6-10,13-14,17H,4-5,11-12H2,1-3H3/t17-/m1/s1. The Hall–Kier alpha value is -2.51. The van der Waals surface area contributed by atoms with Crippen LogP contribution in [-0.2, 0) is 14.8 Å². The molecule has 0 bridgehead atoms. The van der Waals surface area contributed by atoms with Gasteiger partial charge in [0.15, 0.2) is 6.10 Å². The minimum Gasteiger partial charge on any atom is -0.451 e. The van der Waals surface area contributed by atoms with Gasteiger partial charge in [-0.25, -0.2) is 13.2 Å². The molecule has 0 unspecified atom stereocenters. The lowest BCUT2D eigenvalue weighted by molar-refractivity contribution is 0.0318. The van der Waals surface area contributed by atoms with Crippen molar-refractivity contribution in [3.63, 3.8) is 0 Å². The van der Waals surface area contributed by atoms with E-state index in [0.29, 0.717) is 18.7 Å². The van der Waals surface area contributed by atoms with Gasteiger partial charge in [-0.15, -0.1) is 0 Å². The Morgan fingerprint density at radius 1 is 1.03 bits per heavy atom. The first-order valence-electron chi connectivity index (χ1n) is 9.63. The van der Waals surface area contributed by atoms with Crippen molar-refractivity contribution in [2.24, 2.45) is 0 Å². The van der Waals surface area contributed by atoms with Gasteiger partial charge in [0, 0.05) is 18.7 Å². The average Bonchev–Trinajstić information content (AvgIpc) is 3.25. The zero-order chi connectivity index (χ0) is 21.2. The Morgan fingerprint density at radius 2 is 1.72 bits per heavy atom. The SMILES string of the molecule is Cc1ccc(C)c(C(=O)[C@@H](C)OC(=O)c2cccc(S(=O)(=O)N3CCCC3)c2)c1. The Morgan fingerprint density at radius 3 is 2.41 bits per heavy atom. The number of sulfonamides is 1. The average molecular weight is 416 g/mol. The smallest absolute Gasteiger partial charge is 0.338 e. The summed E-state index contributed by atoms with van der Waals surface area (Å²) in [5, 5.41) is 0. The minimum atomic E-state index is -3.63. The summed E-state index contributed by atoms with van der Waals surface area (Å²) in [6, 6.07) is 11.3. The number of aryl methyl sites for hydroxylation is 2. The van der Waals surface area contributed by atoms with E-state index in [1.807, 2.05) is 26.0 Å². The fourth-order valence-corrected chi connectivity index (χ4v) is 4.93. The number of benzene rings is 2. The van der Waals surface area contributed by atoms with Gasteiger partial charge in [0.2, 0.25) is 15.8 Å². The Balaban J connectivity index is 1.77. The van der Waals surface area contributed by atoms with Crippen LogP contribution in [0.4, 0.5) is 0 Å². The van der Waals surface area contributed by atoms with Crippen molar-refractivity contribution in [1.29, 1.82) is 0 Å². The normalized spacial score (nSPS) is 15.8. The van der Waals surface area contributed by atoms with Gasteiger partial charge in [0.05, 0.1) is 10.5 Å². The lowest BCUT2D eigenvalue weighted by atomic mass is 9.99. The maximum Gasteiger partial charge on any atom is 0.338 e. The zero-order valence-electron chi connectivity index (χ0n) is 16.8. The second kappa shape index (κ2) is 8.47. The molecule has 0 aliphatic carbocycles. The van der Waals surface area contributed by atoms with Crippen LogP contribution in [-0.4, -0.2) is 43.7 Å². The molecule has 1 aliphatic rings. The Bertz CT molecular complexity index is 1040. The molecule has 0 aromatic heterocycles. The maximum atomic E-state index is 12.7. The summed E-state index contributed by atoms with van der Waals surface area (Å²) >= 11 is 0. The molecule has 3 rings (SSSR count). The van der Waals surface area contributed by atoms with E-state index < -0.39 is 22.1 Å². The molecule has 1 saturated heterocycles. The van der Waals surface area contributed by atoms with Gasteiger partial charge in [0.25, 0.3) is 0 Å². The molecule has 29 heavy (non-hydrogen) atoms. The number of hydrogen-bond donors (Lipinski definition) is 0. The van der Waals surface area contributed by atoms with Crippen LogP contribution < -0.4 is 0 Å². The van der Waals surface area contributed by atoms with Gasteiger partial charge in [-0.3, -0.25) is 4.79 Å². The Labute approximate surface area is 171 Å². The molecule has 0 saturated carbocycles. The first-order chi connectivity index (χ1) is 13.7. The largest absolute Gasteiger partial charge is 0.451 e. The number of ketones is 1. The third kappa shape index (κ3) is 4.57. The predicted octanol–water partition coefficient (Wildman–Crippen LogP) is 3.52. The number of carbonyl (C=O) groups is 2. The summed E-state index contributed by atoms with van der Waals surface area (Å²) in [7, 11) is -3.63. The molecular weight excluding hydrogens is 390 g/mol. The summed E-state index contributed by atoms with van der Waals surface area (Å²) in [4.78, 5) is 25.3. The summed E-state index contributed by atoms with van der Waals surface area (Å²) in [5.74, 6) is -1.02. The first kappa shape index (κ1) is 21.2. The van der Waals surface area contributed by atoms with Crippen molar-refractivity contribution in [2.45, 2.75) is 44.6 Å². The maximum absolute atomic E-state index is 12.7. The van der Waals surface area contributed by atoms with Crippen molar-refractivity contribution in [1.82, 2.24) is 4.31 Å². The van der Waals surface area contributed by atoms with Gasteiger partial charge in [-0.2, -0.15) is 4.31 Å². The number of esters is 1. The van der Waals surface area contributed by atoms with E-state index in [1.54, 1.807) is 6.07 Å². The lowest BCUT2D eigenvalue weighted by Crippen LogP contribution is -2.28. The minimum absolute atomic E-state index is 0.0577. The van der Waals surface area contributed by atoms with Crippen LogP contribution in [0.5, 0.6) is 0 Å². The molecule has 0 spiro atoms. The first-order valence-corrected chi connectivity index (χ1v) is 11.1. The highest BCUT2D eigenvalue weighted by Gasteiger charge is 2.28. The van der Waals surface area contributed by atoms with Gasteiger partial charge >= 0.3 is 5.97 Å². The molecular formula is C22H25NO5S. The number of ether oxygens (including phenoxy) is 1. The third-order valence-corrected chi connectivity index (χ3v) is 6.98. The van der Waals surface area contributed by atoms with Crippen LogP contribution in [0.1, 0.15) is 51.6 Å². The van der Waals surface area contributed by atoms with Crippen molar-refractivity contribution < 1.29 is 22.7 Å². The molecule has 154 valence electrons. The monoisotopic (exact) mass is 415 g/mol. The summed E-state index contributed by atoms with van der Waals surface area (Å²) in [6.45, 7) is 6.21. The third-order valence-electron chi connectivity index (χ3n) is 5.08. The van der Waals surface area contributed by atoms with E-state index in [1.165, 1.54) is 35.5 Å². The van der Waals surface area contributed by atoms with Crippen LogP contribution in [0.2, 0.25) is 0 Å². The van der Waals surface area contributed by atoms with Crippen LogP contribution in [0.25, 0.3) is 0 Å². The van der Waals surface area contributed by atoms with Gasteiger partial charge in [-0.1, -0.05) is 23.8 Å². The zero-order valence-corrected chi connectivity index (χ0v) is 17.7. The van der Waals surface area contributed by atoms with E-state index in [-0.39, 0.29) is 16.2 Å². The fourth-order valence-electron chi connectivity index (χ4n) is 3.36. The molecule has 7 heteroatoms. The molecule has 1 aliphatic heterocycles. The number of rotatable bonds is 6. The fraction of sp³-hybridized carbons (Fsp3) is 0.364. The predicted molar refractivity (Wildman–Crippen MR) is 110 cm³/mol. The van der Waals surface area contributed by atoms with Crippen LogP contribution in [0, 0.1) is 13.8 Å². The van der Waals surface area contributed by atoms with E-state index in [4.69, 9.17) is 4.74 Å². The van der Waals surface area contributed by atoms with Crippen molar-refractivity contribution in [2.75, 3.05) is 13.1 Å². The highest BCUT2D eigenvalue weighted by atomic mass is 32.2. The molecule has 1 atom stereocenters.